The molecule has 0 aliphatic rings. The fourth-order valence-electron chi connectivity index (χ4n) is 4.35. The Bertz CT molecular complexity index is 1310. The van der Waals surface area contributed by atoms with Gasteiger partial charge in [0.25, 0.3) is 0 Å². The number of imidazole rings is 1. The maximum atomic E-state index is 13.5. The average molecular weight is 630 g/mol. The van der Waals surface area contributed by atoms with Crippen molar-refractivity contribution < 1.29 is 34.2 Å². The van der Waals surface area contributed by atoms with E-state index in [4.69, 9.17) is 10.8 Å². The summed E-state index contributed by atoms with van der Waals surface area (Å²) >= 11 is 1.54. The van der Waals surface area contributed by atoms with Crippen LogP contribution in [0, 0.1) is 11.8 Å². The smallest absolute Gasteiger partial charge is 0.307 e. The SMILES string of the molecule is CSCC[C@H](NC(=O)[C@H](Cc1ccccc1)NC(=O)[C@@H](N)C(C)C)C(=O)Cc1cnc(/C=C/C[C@@H](CC(=O)O)C(=O)O)n1C. The number of amides is 2. The van der Waals surface area contributed by atoms with E-state index in [2.05, 4.69) is 15.6 Å². The van der Waals surface area contributed by atoms with Gasteiger partial charge in [-0.25, -0.2) is 4.98 Å². The van der Waals surface area contributed by atoms with Crippen LogP contribution in [-0.2, 0) is 43.9 Å². The summed E-state index contributed by atoms with van der Waals surface area (Å²) in [5, 5.41) is 23.8. The largest absolute Gasteiger partial charge is 0.481 e. The van der Waals surface area contributed by atoms with Gasteiger partial charge in [-0.2, -0.15) is 11.8 Å². The normalized spacial score (nSPS) is 14.1. The first-order chi connectivity index (χ1) is 20.8. The van der Waals surface area contributed by atoms with Gasteiger partial charge in [-0.1, -0.05) is 50.3 Å². The Balaban J connectivity index is 2.18. The summed E-state index contributed by atoms with van der Waals surface area (Å²) in [5.74, 6) is -3.68. The lowest BCUT2D eigenvalue weighted by atomic mass is 10.0. The lowest BCUT2D eigenvalue weighted by molar-refractivity contribution is -0.148. The summed E-state index contributed by atoms with van der Waals surface area (Å²) in [6.45, 7) is 3.64. The summed E-state index contributed by atoms with van der Waals surface area (Å²) in [6, 6.07) is 6.70. The summed E-state index contributed by atoms with van der Waals surface area (Å²) in [7, 11) is 1.71. The third-order valence-corrected chi connectivity index (χ3v) is 7.83. The van der Waals surface area contributed by atoms with Gasteiger partial charge in [0, 0.05) is 25.4 Å². The molecule has 2 rings (SSSR count). The van der Waals surface area contributed by atoms with Crippen molar-refractivity contribution >= 4 is 47.4 Å². The highest BCUT2D eigenvalue weighted by atomic mass is 32.2. The molecular formula is C31H43N5O7S. The molecule has 2 aromatic rings. The van der Waals surface area contributed by atoms with Gasteiger partial charge in [-0.15, -0.1) is 0 Å². The van der Waals surface area contributed by atoms with Crippen molar-refractivity contribution in [2.75, 3.05) is 12.0 Å². The molecule has 0 bridgehead atoms. The Labute approximate surface area is 261 Å². The van der Waals surface area contributed by atoms with E-state index in [1.165, 1.54) is 18.0 Å². The standard InChI is InChI=1S/C31H43N5O7S/c1-19(2)28(32)30(41)35-24(15-20-9-6-5-7-10-20)29(40)34-23(13-14-44-4)25(37)17-22-18-33-26(36(22)3)12-8-11-21(31(42)43)16-27(38)39/h5-10,12,18-19,21,23-24,28H,11,13-17,32H2,1-4H3,(H,34,40)(H,35,41)(H,38,39)(H,42,43)/b12-8+/t21-,23-,24-,28-/m0/s1. The van der Waals surface area contributed by atoms with Gasteiger partial charge in [0.05, 0.1) is 30.8 Å². The van der Waals surface area contributed by atoms with Crippen molar-refractivity contribution in [1.29, 1.82) is 0 Å². The quantitative estimate of drug-likeness (QED) is 0.154. The molecule has 1 aromatic heterocycles. The van der Waals surface area contributed by atoms with Crippen LogP contribution in [0.15, 0.2) is 42.6 Å². The molecule has 6 N–H and O–H groups in total. The van der Waals surface area contributed by atoms with Gasteiger partial charge >= 0.3 is 11.9 Å². The van der Waals surface area contributed by atoms with E-state index < -0.39 is 54.2 Å². The molecule has 1 aromatic carbocycles. The molecule has 240 valence electrons. The number of hydrogen-bond donors (Lipinski definition) is 5. The second kappa shape index (κ2) is 18.0. The molecule has 4 atom stereocenters. The molecule has 0 fully saturated rings. The van der Waals surface area contributed by atoms with Crippen LogP contribution in [-0.4, -0.2) is 79.4 Å². The number of rotatable bonds is 19. The zero-order chi connectivity index (χ0) is 32.8. The van der Waals surface area contributed by atoms with Gasteiger partial charge in [0.1, 0.15) is 11.9 Å². The first kappa shape index (κ1) is 36.2. The second-order valence-electron chi connectivity index (χ2n) is 10.9. The molecule has 44 heavy (non-hydrogen) atoms. The van der Waals surface area contributed by atoms with Gasteiger partial charge in [0.15, 0.2) is 5.78 Å². The maximum Gasteiger partial charge on any atom is 0.307 e. The number of carboxylic acids is 2. The molecule has 0 aliphatic heterocycles. The van der Waals surface area contributed by atoms with Crippen molar-refractivity contribution in [2.45, 2.75) is 64.1 Å². The Morgan fingerprint density at radius 1 is 1.05 bits per heavy atom. The van der Waals surface area contributed by atoms with Crippen LogP contribution in [0.25, 0.3) is 6.08 Å². The van der Waals surface area contributed by atoms with E-state index in [0.29, 0.717) is 23.7 Å². The summed E-state index contributed by atoms with van der Waals surface area (Å²) in [4.78, 5) is 66.4. The van der Waals surface area contributed by atoms with E-state index >= 15 is 0 Å². The molecule has 0 unspecified atom stereocenters. The molecule has 0 aliphatic carbocycles. The van der Waals surface area contributed by atoms with Crippen molar-refractivity contribution in [3.8, 4) is 0 Å². The number of hydrogen-bond acceptors (Lipinski definition) is 8. The van der Waals surface area contributed by atoms with Crippen LogP contribution >= 0.6 is 11.8 Å². The monoisotopic (exact) mass is 629 g/mol. The highest BCUT2D eigenvalue weighted by Crippen LogP contribution is 2.14. The third kappa shape index (κ3) is 11.6. The minimum atomic E-state index is -1.20. The van der Waals surface area contributed by atoms with E-state index in [0.717, 1.165) is 5.56 Å². The number of ketones is 1. The van der Waals surface area contributed by atoms with Crippen LogP contribution in [0.3, 0.4) is 0 Å². The zero-order valence-corrected chi connectivity index (χ0v) is 26.4. The molecule has 0 spiro atoms. The fourth-order valence-corrected chi connectivity index (χ4v) is 4.82. The molecule has 0 radical (unpaired) electrons. The summed E-state index contributed by atoms with van der Waals surface area (Å²) in [5.41, 5.74) is 7.45. The number of nitrogens with two attached hydrogens (primary N) is 1. The lowest BCUT2D eigenvalue weighted by Gasteiger charge is -2.25. The Morgan fingerprint density at radius 2 is 1.70 bits per heavy atom. The first-order valence-corrected chi connectivity index (χ1v) is 15.8. The summed E-state index contributed by atoms with van der Waals surface area (Å²) in [6.07, 6.45) is 6.65. The van der Waals surface area contributed by atoms with Crippen LogP contribution < -0.4 is 16.4 Å². The van der Waals surface area contributed by atoms with Crippen LogP contribution in [0.5, 0.6) is 0 Å². The molecule has 0 saturated carbocycles. The zero-order valence-electron chi connectivity index (χ0n) is 25.6. The number of carbonyl (C=O) groups excluding carboxylic acids is 3. The van der Waals surface area contributed by atoms with E-state index in [-0.39, 0.29) is 31.0 Å². The van der Waals surface area contributed by atoms with Gasteiger partial charge in [-0.3, -0.25) is 24.0 Å². The fraction of sp³-hybridized carbons (Fsp3) is 0.484. The second-order valence-corrected chi connectivity index (χ2v) is 11.9. The highest BCUT2D eigenvalue weighted by Gasteiger charge is 2.29. The maximum absolute atomic E-state index is 13.5. The number of carbonyl (C=O) groups is 5. The van der Waals surface area contributed by atoms with Gasteiger partial charge in [-0.05, 0) is 42.4 Å². The predicted molar refractivity (Wildman–Crippen MR) is 169 cm³/mol. The topological polar surface area (TPSA) is 194 Å². The van der Waals surface area contributed by atoms with E-state index in [1.54, 1.807) is 23.8 Å². The number of allylic oxidation sites excluding steroid dienone is 1. The number of nitrogens with one attached hydrogen (secondary N) is 2. The first-order valence-electron chi connectivity index (χ1n) is 14.4. The Morgan fingerprint density at radius 3 is 2.30 bits per heavy atom. The number of thioether (sulfide) groups is 1. The average Bonchev–Trinajstić information content (AvgIpc) is 3.32. The van der Waals surface area contributed by atoms with Crippen LogP contribution in [0.1, 0.15) is 50.2 Å². The third-order valence-electron chi connectivity index (χ3n) is 7.19. The number of aromatic nitrogens is 2. The molecule has 12 nitrogen and oxygen atoms in total. The van der Waals surface area contributed by atoms with E-state index in [9.17, 15) is 29.1 Å². The van der Waals surface area contributed by atoms with Crippen LogP contribution in [0.4, 0.5) is 0 Å². The number of aliphatic carboxylic acids is 2. The Kier molecular flexibility index (Phi) is 14.8. The molecule has 13 heteroatoms. The molecule has 0 saturated heterocycles. The Hall–Kier alpha value is -3.97. The number of nitrogens with zero attached hydrogens (tertiary/aromatic N) is 2. The minimum Gasteiger partial charge on any atom is -0.481 e. The molecular weight excluding hydrogens is 586 g/mol. The van der Waals surface area contributed by atoms with Crippen molar-refractivity contribution in [3.63, 3.8) is 0 Å². The van der Waals surface area contributed by atoms with Crippen molar-refractivity contribution in [3.05, 3.63) is 59.7 Å². The lowest BCUT2D eigenvalue weighted by Crippen LogP contribution is -2.56. The van der Waals surface area contributed by atoms with E-state index in [1.807, 2.05) is 50.4 Å². The van der Waals surface area contributed by atoms with Crippen molar-refractivity contribution in [1.82, 2.24) is 20.2 Å². The molecule has 1 heterocycles. The molecule has 2 amide bonds. The highest BCUT2D eigenvalue weighted by molar-refractivity contribution is 7.98. The predicted octanol–water partition coefficient (Wildman–Crippen LogP) is 2.06. The number of Topliss-reactive ketones (excluding diaryl/α,β-unsaturated/α-hetero) is 1. The van der Waals surface area contributed by atoms with Crippen molar-refractivity contribution in [2.24, 2.45) is 24.6 Å². The minimum absolute atomic E-state index is 0.00824. The summed E-state index contributed by atoms with van der Waals surface area (Å²) < 4.78 is 1.68. The van der Waals surface area contributed by atoms with Gasteiger partial charge < -0.3 is 31.1 Å². The number of benzene rings is 1. The van der Waals surface area contributed by atoms with Crippen LogP contribution in [0.2, 0.25) is 0 Å². The number of carboxylic acid groups (broad SMARTS) is 2. The van der Waals surface area contributed by atoms with Gasteiger partial charge in [0.2, 0.25) is 11.8 Å².